The van der Waals surface area contributed by atoms with Crippen molar-refractivity contribution in [2.75, 3.05) is 11.9 Å². The highest BCUT2D eigenvalue weighted by atomic mass is 32.1. The lowest BCUT2D eigenvalue weighted by atomic mass is 10.2. The quantitative estimate of drug-likeness (QED) is 0.919. The van der Waals surface area contributed by atoms with Gasteiger partial charge in [0, 0.05) is 10.9 Å². The molecule has 3 nitrogen and oxygen atoms in total. The molecule has 1 heterocycles. The third-order valence-electron chi connectivity index (χ3n) is 2.88. The molecule has 0 aliphatic heterocycles. The number of ether oxygens (including phenoxy) is 1. The van der Waals surface area contributed by atoms with Crippen LogP contribution in [0.15, 0.2) is 24.3 Å². The summed E-state index contributed by atoms with van der Waals surface area (Å²) in [5, 5.41) is 2.76. The van der Waals surface area contributed by atoms with Gasteiger partial charge in [-0.3, -0.25) is 4.79 Å². The van der Waals surface area contributed by atoms with Gasteiger partial charge in [-0.05, 0) is 44.5 Å². The second-order valence-electron chi connectivity index (χ2n) is 4.38. The average molecular weight is 293 g/mol. The Kier molecular flexibility index (Phi) is 4.39. The Morgan fingerprint density at radius 3 is 2.70 bits per heavy atom. The van der Waals surface area contributed by atoms with E-state index in [1.165, 1.54) is 29.5 Å². The Balaban J connectivity index is 2.23. The van der Waals surface area contributed by atoms with Crippen LogP contribution in [-0.4, -0.2) is 12.5 Å². The predicted octanol–water partition coefficient (Wildman–Crippen LogP) is 4.16. The van der Waals surface area contributed by atoms with Crippen molar-refractivity contribution >= 4 is 22.9 Å². The summed E-state index contributed by atoms with van der Waals surface area (Å²) in [5.74, 6) is -0.265. The fourth-order valence-corrected chi connectivity index (χ4v) is 2.67. The largest absolute Gasteiger partial charge is 0.492 e. The summed E-state index contributed by atoms with van der Waals surface area (Å²) in [6.07, 6.45) is 0. The van der Waals surface area contributed by atoms with E-state index in [2.05, 4.69) is 5.32 Å². The van der Waals surface area contributed by atoms with Crippen LogP contribution in [0.25, 0.3) is 0 Å². The van der Waals surface area contributed by atoms with Gasteiger partial charge in [0.05, 0.1) is 17.2 Å². The number of amides is 1. The fraction of sp³-hybridized carbons (Fsp3) is 0.267. The van der Waals surface area contributed by atoms with Gasteiger partial charge in [-0.2, -0.15) is 0 Å². The van der Waals surface area contributed by atoms with Crippen LogP contribution in [-0.2, 0) is 0 Å². The lowest BCUT2D eigenvalue weighted by Crippen LogP contribution is -2.11. The molecule has 1 aromatic heterocycles. The van der Waals surface area contributed by atoms with E-state index in [0.717, 1.165) is 10.4 Å². The van der Waals surface area contributed by atoms with Crippen LogP contribution in [0.5, 0.6) is 5.75 Å². The van der Waals surface area contributed by atoms with Crippen LogP contribution >= 0.6 is 11.3 Å². The van der Waals surface area contributed by atoms with Gasteiger partial charge >= 0.3 is 0 Å². The van der Waals surface area contributed by atoms with Crippen LogP contribution in [0.4, 0.5) is 10.1 Å². The number of hydrogen-bond acceptors (Lipinski definition) is 3. The molecular weight excluding hydrogens is 277 g/mol. The molecule has 0 spiro atoms. The molecular formula is C15H16FNO2S. The van der Waals surface area contributed by atoms with Crippen molar-refractivity contribution in [3.8, 4) is 5.75 Å². The number of anilines is 1. The lowest BCUT2D eigenvalue weighted by Gasteiger charge is -2.10. The molecule has 0 radical (unpaired) electrons. The van der Waals surface area contributed by atoms with E-state index >= 15 is 0 Å². The topological polar surface area (TPSA) is 38.3 Å². The molecule has 5 heteroatoms. The minimum absolute atomic E-state index is 0.209. The summed E-state index contributed by atoms with van der Waals surface area (Å²) in [6, 6.07) is 5.91. The van der Waals surface area contributed by atoms with Crippen molar-refractivity contribution in [1.82, 2.24) is 0 Å². The van der Waals surface area contributed by atoms with Crippen molar-refractivity contribution in [3.05, 3.63) is 45.4 Å². The maximum atomic E-state index is 13.2. The zero-order chi connectivity index (χ0) is 14.7. The minimum atomic E-state index is -0.394. The van der Waals surface area contributed by atoms with Crippen LogP contribution in [0.3, 0.4) is 0 Å². The highest BCUT2D eigenvalue weighted by Crippen LogP contribution is 2.27. The van der Waals surface area contributed by atoms with Gasteiger partial charge in [-0.25, -0.2) is 4.39 Å². The molecule has 0 atom stereocenters. The maximum Gasteiger partial charge on any atom is 0.265 e. The van der Waals surface area contributed by atoms with Crippen molar-refractivity contribution in [2.45, 2.75) is 20.8 Å². The number of benzene rings is 1. The molecule has 0 unspecified atom stereocenters. The molecule has 0 aliphatic carbocycles. The van der Waals surface area contributed by atoms with E-state index < -0.39 is 5.82 Å². The first kappa shape index (κ1) is 14.5. The zero-order valence-corrected chi connectivity index (χ0v) is 12.4. The van der Waals surface area contributed by atoms with Gasteiger partial charge in [0.2, 0.25) is 0 Å². The molecule has 1 amide bonds. The number of carbonyl (C=O) groups excluding carboxylic acids is 1. The van der Waals surface area contributed by atoms with Gasteiger partial charge in [-0.15, -0.1) is 11.3 Å². The molecule has 0 saturated carbocycles. The van der Waals surface area contributed by atoms with Gasteiger partial charge in [0.25, 0.3) is 5.91 Å². The summed E-state index contributed by atoms with van der Waals surface area (Å²) in [7, 11) is 0. The van der Waals surface area contributed by atoms with Crippen molar-refractivity contribution in [1.29, 1.82) is 0 Å². The van der Waals surface area contributed by atoms with E-state index in [1.54, 1.807) is 0 Å². The Bertz CT molecular complexity index is 617. The Morgan fingerprint density at radius 1 is 1.35 bits per heavy atom. The molecule has 0 bridgehead atoms. The number of hydrogen-bond donors (Lipinski definition) is 1. The maximum absolute atomic E-state index is 13.2. The van der Waals surface area contributed by atoms with E-state index in [9.17, 15) is 9.18 Å². The Hall–Kier alpha value is -1.88. The van der Waals surface area contributed by atoms with Crippen LogP contribution in [0.2, 0.25) is 0 Å². The standard InChI is InChI=1S/C15H16FNO2S/c1-4-19-13-8-11(16)5-6-12(13)17-15(18)14-7-9(2)10(3)20-14/h5-8H,4H2,1-3H3,(H,17,18). The Morgan fingerprint density at radius 2 is 2.10 bits per heavy atom. The molecule has 2 rings (SSSR count). The molecule has 0 saturated heterocycles. The van der Waals surface area contributed by atoms with Crippen LogP contribution in [0.1, 0.15) is 27.0 Å². The summed E-state index contributed by atoms with van der Waals surface area (Å²) in [5.41, 5.74) is 1.56. The van der Waals surface area contributed by atoms with E-state index in [4.69, 9.17) is 4.74 Å². The summed E-state index contributed by atoms with van der Waals surface area (Å²) in [6.45, 7) is 6.15. The van der Waals surface area contributed by atoms with Gasteiger partial charge in [-0.1, -0.05) is 0 Å². The summed E-state index contributed by atoms with van der Waals surface area (Å²) in [4.78, 5) is 13.9. The number of thiophene rings is 1. The van der Waals surface area contributed by atoms with Crippen LogP contribution < -0.4 is 10.1 Å². The molecule has 106 valence electrons. The van der Waals surface area contributed by atoms with Gasteiger partial charge in [0.1, 0.15) is 11.6 Å². The Labute approximate surface area is 121 Å². The smallest absolute Gasteiger partial charge is 0.265 e. The van der Waals surface area contributed by atoms with Gasteiger partial charge in [0.15, 0.2) is 0 Å². The fourth-order valence-electron chi connectivity index (χ4n) is 1.74. The van der Waals surface area contributed by atoms with Gasteiger partial charge < -0.3 is 10.1 Å². The predicted molar refractivity (Wildman–Crippen MR) is 79.3 cm³/mol. The number of halogens is 1. The number of carbonyl (C=O) groups is 1. The highest BCUT2D eigenvalue weighted by Gasteiger charge is 2.13. The molecule has 0 aliphatic rings. The van der Waals surface area contributed by atoms with E-state index in [-0.39, 0.29) is 5.91 Å². The normalized spacial score (nSPS) is 10.4. The van der Waals surface area contributed by atoms with Crippen LogP contribution in [0, 0.1) is 19.7 Å². The highest BCUT2D eigenvalue weighted by molar-refractivity contribution is 7.14. The van der Waals surface area contributed by atoms with Crippen molar-refractivity contribution < 1.29 is 13.9 Å². The molecule has 1 N–H and O–H groups in total. The first-order valence-electron chi connectivity index (χ1n) is 6.32. The van der Waals surface area contributed by atoms with E-state index in [0.29, 0.717) is 22.9 Å². The zero-order valence-electron chi connectivity index (χ0n) is 11.6. The lowest BCUT2D eigenvalue weighted by molar-refractivity contribution is 0.103. The second-order valence-corrected chi connectivity index (χ2v) is 5.63. The minimum Gasteiger partial charge on any atom is -0.492 e. The molecule has 1 aromatic carbocycles. The third kappa shape index (κ3) is 3.17. The molecule has 20 heavy (non-hydrogen) atoms. The van der Waals surface area contributed by atoms with Crippen molar-refractivity contribution in [3.63, 3.8) is 0 Å². The average Bonchev–Trinajstić information content (AvgIpc) is 2.73. The second kappa shape index (κ2) is 6.05. The third-order valence-corrected chi connectivity index (χ3v) is 4.03. The number of nitrogens with one attached hydrogen (secondary N) is 1. The first-order chi connectivity index (χ1) is 9.51. The summed E-state index contributed by atoms with van der Waals surface area (Å²) < 4.78 is 18.5. The molecule has 2 aromatic rings. The van der Waals surface area contributed by atoms with Crippen molar-refractivity contribution in [2.24, 2.45) is 0 Å². The summed E-state index contributed by atoms with van der Waals surface area (Å²) >= 11 is 1.44. The van der Waals surface area contributed by atoms with E-state index in [1.807, 2.05) is 26.8 Å². The molecule has 0 fully saturated rings. The number of aryl methyl sites for hydroxylation is 2. The monoisotopic (exact) mass is 293 g/mol. The first-order valence-corrected chi connectivity index (χ1v) is 7.13. The SMILES string of the molecule is CCOc1cc(F)ccc1NC(=O)c1cc(C)c(C)s1. The number of rotatable bonds is 4.